The summed E-state index contributed by atoms with van der Waals surface area (Å²) in [7, 11) is 0. The molecule has 1 aliphatic heterocycles. The molecule has 0 saturated carbocycles. The Morgan fingerprint density at radius 3 is 2.50 bits per heavy atom. The van der Waals surface area contributed by atoms with Crippen molar-refractivity contribution < 1.29 is 9.53 Å². The Kier molecular flexibility index (Phi) is 7.20. The number of ether oxygens (including phenoxy) is 1. The number of nitrogens with one attached hydrogen (secondary N) is 2. The third-order valence-electron chi connectivity index (χ3n) is 2.79. The number of hydrogen-bond donors (Lipinski definition) is 2. The highest BCUT2D eigenvalue weighted by molar-refractivity contribution is 6.43. The van der Waals surface area contributed by atoms with Gasteiger partial charge < -0.3 is 15.4 Å². The molecule has 0 spiro atoms. The summed E-state index contributed by atoms with van der Waals surface area (Å²) in [4.78, 5) is 11.6. The summed E-state index contributed by atoms with van der Waals surface area (Å²) < 4.78 is 5.32. The lowest BCUT2D eigenvalue weighted by Crippen LogP contribution is -2.48. The summed E-state index contributed by atoms with van der Waals surface area (Å²) in [6.45, 7) is 2.45. The smallest absolute Gasteiger partial charge is 0.257 e. The Morgan fingerprint density at radius 1 is 1.25 bits per heavy atom. The summed E-state index contributed by atoms with van der Waals surface area (Å²) in [5.74, 6) is 0.670. The zero-order valence-corrected chi connectivity index (χ0v) is 13.5. The van der Waals surface area contributed by atoms with E-state index in [1.54, 1.807) is 0 Å². The molecular formula is C12H14Cl4N2O2. The van der Waals surface area contributed by atoms with Gasteiger partial charge in [-0.1, -0.05) is 34.8 Å². The molecular weight excluding hydrogens is 346 g/mol. The van der Waals surface area contributed by atoms with E-state index in [0.29, 0.717) is 33.3 Å². The summed E-state index contributed by atoms with van der Waals surface area (Å²) in [6.07, 6.45) is 0. The van der Waals surface area contributed by atoms with Crippen LogP contribution in [0.3, 0.4) is 0 Å². The van der Waals surface area contributed by atoms with Gasteiger partial charge in [-0.25, -0.2) is 0 Å². The molecule has 20 heavy (non-hydrogen) atoms. The molecule has 2 rings (SSSR count). The number of hydrogen-bond acceptors (Lipinski definition) is 3. The predicted molar refractivity (Wildman–Crippen MR) is 83.6 cm³/mol. The summed E-state index contributed by atoms with van der Waals surface area (Å²) >= 11 is 17.6. The Balaban J connectivity index is 0.00000200. The van der Waals surface area contributed by atoms with E-state index < -0.39 is 0 Å². The van der Waals surface area contributed by atoms with E-state index in [1.807, 2.05) is 0 Å². The lowest BCUT2D eigenvalue weighted by atomic mass is 10.0. The average Bonchev–Trinajstić information content (AvgIpc) is 2.30. The summed E-state index contributed by atoms with van der Waals surface area (Å²) in [6, 6.07) is 2.98. The molecule has 2 N–H and O–H groups in total. The van der Waals surface area contributed by atoms with Crippen LogP contribution in [0.1, 0.15) is 0 Å². The highest BCUT2D eigenvalue weighted by Crippen LogP contribution is 2.33. The number of carbonyl (C=O) groups excluding carboxylic acids is 1. The fourth-order valence-corrected chi connectivity index (χ4v) is 2.15. The molecule has 112 valence electrons. The average molecular weight is 360 g/mol. The van der Waals surface area contributed by atoms with Crippen LogP contribution >= 0.6 is 47.2 Å². The Labute approximate surface area is 138 Å². The van der Waals surface area contributed by atoms with Crippen LogP contribution in [0.25, 0.3) is 0 Å². The highest BCUT2D eigenvalue weighted by Gasteiger charge is 2.17. The molecule has 0 atom stereocenters. The lowest BCUT2D eigenvalue weighted by molar-refractivity contribution is -0.123. The quantitative estimate of drug-likeness (QED) is 0.795. The Morgan fingerprint density at radius 2 is 1.90 bits per heavy atom. The van der Waals surface area contributed by atoms with E-state index in [4.69, 9.17) is 39.5 Å². The van der Waals surface area contributed by atoms with Crippen molar-refractivity contribution in [1.29, 1.82) is 0 Å². The molecule has 0 bridgehead atoms. The van der Waals surface area contributed by atoms with E-state index >= 15 is 0 Å². The second-order valence-electron chi connectivity index (χ2n) is 4.31. The molecule has 1 amide bonds. The van der Waals surface area contributed by atoms with Crippen molar-refractivity contribution in [3.05, 3.63) is 27.2 Å². The second-order valence-corrected chi connectivity index (χ2v) is 5.54. The monoisotopic (exact) mass is 358 g/mol. The number of rotatable bonds is 5. The van der Waals surface area contributed by atoms with Crippen molar-refractivity contribution in [3.63, 3.8) is 0 Å². The SMILES string of the molecule is Cl.O=C(COc1cc(Cl)c(Cl)cc1Cl)NCC1CNC1. The molecule has 8 heteroatoms. The van der Waals surface area contributed by atoms with Crippen LogP contribution in [-0.2, 0) is 4.79 Å². The first-order valence-corrected chi connectivity index (χ1v) is 6.94. The molecule has 0 unspecified atom stereocenters. The zero-order chi connectivity index (χ0) is 13.8. The Hall–Kier alpha value is -0.390. The number of amides is 1. The molecule has 1 saturated heterocycles. The van der Waals surface area contributed by atoms with Crippen molar-refractivity contribution in [2.75, 3.05) is 26.2 Å². The maximum Gasteiger partial charge on any atom is 0.257 e. The summed E-state index contributed by atoms with van der Waals surface area (Å²) in [5, 5.41) is 6.94. The third-order valence-corrected chi connectivity index (χ3v) is 3.81. The molecule has 1 aliphatic rings. The highest BCUT2D eigenvalue weighted by atomic mass is 35.5. The molecule has 1 fully saturated rings. The lowest BCUT2D eigenvalue weighted by Gasteiger charge is -2.27. The molecule has 0 radical (unpaired) electrons. The first kappa shape index (κ1) is 17.7. The number of benzene rings is 1. The largest absolute Gasteiger partial charge is 0.482 e. The molecule has 1 heterocycles. The van der Waals surface area contributed by atoms with Crippen molar-refractivity contribution in [1.82, 2.24) is 10.6 Å². The fraction of sp³-hybridized carbons (Fsp3) is 0.417. The van der Waals surface area contributed by atoms with Crippen LogP contribution in [0.15, 0.2) is 12.1 Å². The molecule has 0 aromatic heterocycles. The van der Waals surface area contributed by atoms with Crippen molar-refractivity contribution in [3.8, 4) is 5.75 Å². The van der Waals surface area contributed by atoms with Gasteiger partial charge in [0.2, 0.25) is 0 Å². The van der Waals surface area contributed by atoms with Gasteiger partial charge in [-0.05, 0) is 6.07 Å². The van der Waals surface area contributed by atoms with Crippen molar-refractivity contribution in [2.24, 2.45) is 5.92 Å². The maximum absolute atomic E-state index is 11.6. The minimum atomic E-state index is -0.186. The molecule has 0 aliphatic carbocycles. The third kappa shape index (κ3) is 4.86. The van der Waals surface area contributed by atoms with Crippen LogP contribution in [0.5, 0.6) is 5.75 Å². The molecule has 1 aromatic rings. The van der Waals surface area contributed by atoms with E-state index in [0.717, 1.165) is 13.1 Å². The minimum absolute atomic E-state index is 0. The van der Waals surface area contributed by atoms with Gasteiger partial charge in [0, 0.05) is 31.6 Å². The van der Waals surface area contributed by atoms with E-state index in [1.165, 1.54) is 12.1 Å². The summed E-state index contributed by atoms with van der Waals surface area (Å²) in [5.41, 5.74) is 0. The van der Waals surface area contributed by atoms with Gasteiger partial charge in [-0.3, -0.25) is 4.79 Å². The second kappa shape index (κ2) is 8.15. The fourth-order valence-electron chi connectivity index (χ4n) is 1.56. The van der Waals surface area contributed by atoms with E-state index in [2.05, 4.69) is 10.6 Å². The van der Waals surface area contributed by atoms with Crippen molar-refractivity contribution in [2.45, 2.75) is 0 Å². The van der Waals surface area contributed by atoms with Gasteiger partial charge in [0.25, 0.3) is 5.91 Å². The first-order valence-electron chi connectivity index (χ1n) is 5.81. The number of halogens is 4. The maximum atomic E-state index is 11.6. The van der Waals surface area contributed by atoms with Crippen molar-refractivity contribution >= 4 is 53.1 Å². The number of carbonyl (C=O) groups is 1. The zero-order valence-electron chi connectivity index (χ0n) is 10.4. The standard InChI is InChI=1S/C12H13Cl3N2O2.ClH/c13-8-1-10(15)11(2-9(8)14)19-6-12(18)17-5-7-3-16-4-7;/h1-2,7,16H,3-6H2,(H,17,18);1H. The molecule has 1 aromatic carbocycles. The van der Waals surface area contributed by atoms with Gasteiger partial charge in [0.15, 0.2) is 6.61 Å². The van der Waals surface area contributed by atoms with E-state index in [9.17, 15) is 4.79 Å². The normalized spacial score (nSPS) is 14.2. The van der Waals surface area contributed by atoms with Gasteiger partial charge in [0.1, 0.15) is 5.75 Å². The predicted octanol–water partition coefficient (Wildman–Crippen LogP) is 2.78. The van der Waals surface area contributed by atoms with Crippen LogP contribution in [-0.4, -0.2) is 32.1 Å². The van der Waals surface area contributed by atoms with Gasteiger partial charge in [-0.2, -0.15) is 0 Å². The van der Waals surface area contributed by atoms with Crippen LogP contribution in [0.4, 0.5) is 0 Å². The van der Waals surface area contributed by atoms with Gasteiger partial charge in [0.05, 0.1) is 15.1 Å². The Bertz CT molecular complexity index is 481. The minimum Gasteiger partial charge on any atom is -0.482 e. The van der Waals surface area contributed by atoms with Crippen LogP contribution in [0, 0.1) is 5.92 Å². The van der Waals surface area contributed by atoms with Gasteiger partial charge >= 0.3 is 0 Å². The van der Waals surface area contributed by atoms with Gasteiger partial charge in [-0.15, -0.1) is 12.4 Å². The topological polar surface area (TPSA) is 50.4 Å². The van der Waals surface area contributed by atoms with E-state index in [-0.39, 0.29) is 24.9 Å². The van der Waals surface area contributed by atoms with Crippen LogP contribution in [0.2, 0.25) is 15.1 Å². The van der Waals surface area contributed by atoms with Crippen LogP contribution < -0.4 is 15.4 Å². The molecule has 4 nitrogen and oxygen atoms in total. The first-order chi connectivity index (χ1) is 9.06.